The molecule has 2 aromatic carbocycles. The van der Waals surface area contributed by atoms with Gasteiger partial charge in [0.1, 0.15) is 0 Å². The summed E-state index contributed by atoms with van der Waals surface area (Å²) in [6.07, 6.45) is 0.470. The van der Waals surface area contributed by atoms with Crippen molar-refractivity contribution in [3.63, 3.8) is 0 Å². The fraction of sp³-hybridized carbons (Fsp3) is 0.188. The second kappa shape index (κ2) is 4.52. The highest BCUT2D eigenvalue weighted by molar-refractivity contribution is 5.79. The Bertz CT molecular complexity index is 592. The molecular formula is C16H16N2O. The Morgan fingerprint density at radius 2 is 1.58 bits per heavy atom. The molecule has 96 valence electrons. The van der Waals surface area contributed by atoms with Crippen LogP contribution in [-0.4, -0.2) is 5.91 Å². The van der Waals surface area contributed by atoms with E-state index in [2.05, 4.69) is 47.2 Å². The molecule has 3 nitrogen and oxygen atoms in total. The molecule has 0 saturated carbocycles. The first-order valence-corrected chi connectivity index (χ1v) is 6.39. The number of amides is 1. The zero-order valence-corrected chi connectivity index (χ0v) is 10.8. The Hall–Kier alpha value is -2.13. The molecule has 1 atom stereocenters. The molecular weight excluding hydrogens is 236 g/mol. The molecule has 1 fully saturated rings. The first kappa shape index (κ1) is 11.9. The van der Waals surface area contributed by atoms with E-state index in [1.165, 1.54) is 11.1 Å². The van der Waals surface area contributed by atoms with E-state index in [1.807, 2.05) is 25.1 Å². The monoisotopic (exact) mass is 252 g/mol. The lowest BCUT2D eigenvalue weighted by Gasteiger charge is -2.22. The highest BCUT2D eigenvalue weighted by atomic mass is 16.2. The zero-order chi connectivity index (χ0) is 13.3. The van der Waals surface area contributed by atoms with Gasteiger partial charge in [0.25, 0.3) is 0 Å². The van der Waals surface area contributed by atoms with Crippen molar-refractivity contribution in [3.05, 3.63) is 60.2 Å². The number of hydrogen-bond acceptors (Lipinski definition) is 2. The predicted molar refractivity (Wildman–Crippen MR) is 75.1 cm³/mol. The van der Waals surface area contributed by atoms with E-state index in [0.29, 0.717) is 6.42 Å². The molecule has 1 saturated heterocycles. The van der Waals surface area contributed by atoms with E-state index in [9.17, 15) is 4.79 Å². The summed E-state index contributed by atoms with van der Waals surface area (Å²) in [4.78, 5) is 11.3. The number of nitrogens with one attached hydrogen (secondary N) is 2. The number of carbonyl (C=O) groups excluding carboxylic acids is 1. The number of hydrazine groups is 1. The summed E-state index contributed by atoms with van der Waals surface area (Å²) in [7, 11) is 0. The van der Waals surface area contributed by atoms with E-state index in [0.717, 1.165) is 5.56 Å². The molecule has 0 aromatic heterocycles. The van der Waals surface area contributed by atoms with Gasteiger partial charge in [0.15, 0.2) is 0 Å². The molecule has 2 aromatic rings. The SMILES string of the molecule is CC1(c2ccc(-c3ccccc3)cc2)CC(=O)NN1. The Labute approximate surface area is 112 Å². The minimum Gasteiger partial charge on any atom is -0.291 e. The van der Waals surface area contributed by atoms with Crippen LogP contribution in [0.3, 0.4) is 0 Å². The molecule has 2 N–H and O–H groups in total. The Morgan fingerprint density at radius 1 is 0.947 bits per heavy atom. The van der Waals surface area contributed by atoms with Crippen molar-refractivity contribution >= 4 is 5.91 Å². The summed E-state index contributed by atoms with van der Waals surface area (Å²) in [5.74, 6) is 0.0367. The largest absolute Gasteiger partial charge is 0.291 e. The molecule has 0 spiro atoms. The molecule has 3 heteroatoms. The average Bonchev–Trinajstić information content (AvgIpc) is 2.81. The average molecular weight is 252 g/mol. The maximum atomic E-state index is 11.3. The minimum absolute atomic E-state index is 0.0367. The van der Waals surface area contributed by atoms with Gasteiger partial charge in [0, 0.05) is 0 Å². The van der Waals surface area contributed by atoms with Crippen molar-refractivity contribution < 1.29 is 4.79 Å². The fourth-order valence-electron chi connectivity index (χ4n) is 2.45. The normalized spacial score (nSPS) is 22.3. The molecule has 3 rings (SSSR count). The molecule has 1 heterocycles. The molecule has 0 aliphatic carbocycles. The van der Waals surface area contributed by atoms with E-state index in [4.69, 9.17) is 0 Å². The van der Waals surface area contributed by atoms with Crippen molar-refractivity contribution in [2.45, 2.75) is 18.9 Å². The van der Waals surface area contributed by atoms with Crippen molar-refractivity contribution in [2.75, 3.05) is 0 Å². The maximum Gasteiger partial charge on any atom is 0.236 e. The Kier molecular flexibility index (Phi) is 2.84. The standard InChI is InChI=1S/C16H16N2O/c1-16(11-15(19)17-18-16)14-9-7-13(8-10-14)12-5-3-2-4-6-12/h2-10,18H,11H2,1H3,(H,17,19). The van der Waals surface area contributed by atoms with Crippen LogP contribution in [0.4, 0.5) is 0 Å². The summed E-state index contributed by atoms with van der Waals surface area (Å²) >= 11 is 0. The Morgan fingerprint density at radius 3 is 2.16 bits per heavy atom. The maximum absolute atomic E-state index is 11.3. The third-order valence-electron chi connectivity index (χ3n) is 3.62. The van der Waals surface area contributed by atoms with Gasteiger partial charge in [-0.15, -0.1) is 0 Å². The Balaban J connectivity index is 1.89. The molecule has 0 bridgehead atoms. The van der Waals surface area contributed by atoms with Crippen LogP contribution in [0.2, 0.25) is 0 Å². The van der Waals surface area contributed by atoms with Gasteiger partial charge in [0.05, 0.1) is 12.0 Å². The lowest BCUT2D eigenvalue weighted by atomic mass is 9.89. The summed E-state index contributed by atoms with van der Waals surface area (Å²) in [6, 6.07) is 18.6. The molecule has 1 amide bonds. The lowest BCUT2D eigenvalue weighted by molar-refractivity contribution is -0.119. The molecule has 1 aliphatic rings. The van der Waals surface area contributed by atoms with Crippen molar-refractivity contribution in [3.8, 4) is 11.1 Å². The van der Waals surface area contributed by atoms with Gasteiger partial charge in [-0.3, -0.25) is 10.2 Å². The summed E-state index contributed by atoms with van der Waals surface area (Å²) in [5, 5.41) is 0. The van der Waals surface area contributed by atoms with Crippen LogP contribution in [-0.2, 0) is 10.3 Å². The van der Waals surface area contributed by atoms with Gasteiger partial charge in [-0.25, -0.2) is 5.43 Å². The van der Waals surface area contributed by atoms with Gasteiger partial charge in [-0.1, -0.05) is 54.6 Å². The van der Waals surface area contributed by atoms with E-state index >= 15 is 0 Å². The van der Waals surface area contributed by atoms with Gasteiger partial charge < -0.3 is 0 Å². The van der Waals surface area contributed by atoms with Crippen molar-refractivity contribution in [1.82, 2.24) is 10.9 Å². The minimum atomic E-state index is -0.313. The van der Waals surface area contributed by atoms with Crippen LogP contribution in [0, 0.1) is 0 Å². The molecule has 1 aliphatic heterocycles. The van der Waals surface area contributed by atoms with Crippen LogP contribution in [0.1, 0.15) is 18.9 Å². The lowest BCUT2D eigenvalue weighted by Crippen LogP contribution is -2.38. The van der Waals surface area contributed by atoms with Gasteiger partial charge in [-0.2, -0.15) is 0 Å². The van der Waals surface area contributed by atoms with Crippen LogP contribution in [0.25, 0.3) is 11.1 Å². The topological polar surface area (TPSA) is 41.1 Å². The predicted octanol–water partition coefficient (Wildman–Crippen LogP) is 2.59. The van der Waals surface area contributed by atoms with Crippen LogP contribution in [0.5, 0.6) is 0 Å². The van der Waals surface area contributed by atoms with Gasteiger partial charge >= 0.3 is 0 Å². The first-order chi connectivity index (χ1) is 9.17. The number of carbonyl (C=O) groups is 1. The first-order valence-electron chi connectivity index (χ1n) is 6.39. The highest BCUT2D eigenvalue weighted by Crippen LogP contribution is 2.29. The van der Waals surface area contributed by atoms with Crippen LogP contribution in [0.15, 0.2) is 54.6 Å². The second-order valence-corrected chi connectivity index (χ2v) is 5.13. The van der Waals surface area contributed by atoms with E-state index in [1.54, 1.807) is 0 Å². The van der Waals surface area contributed by atoms with E-state index in [-0.39, 0.29) is 11.4 Å². The highest BCUT2D eigenvalue weighted by Gasteiger charge is 2.34. The van der Waals surface area contributed by atoms with Crippen LogP contribution >= 0.6 is 0 Å². The smallest absolute Gasteiger partial charge is 0.236 e. The summed E-state index contributed by atoms with van der Waals surface area (Å²) in [6.45, 7) is 2.03. The van der Waals surface area contributed by atoms with Crippen molar-refractivity contribution in [2.24, 2.45) is 0 Å². The molecule has 0 radical (unpaired) electrons. The number of hydrogen-bond donors (Lipinski definition) is 2. The summed E-state index contributed by atoms with van der Waals surface area (Å²) < 4.78 is 0. The second-order valence-electron chi connectivity index (χ2n) is 5.13. The molecule has 1 unspecified atom stereocenters. The number of rotatable bonds is 2. The molecule has 19 heavy (non-hydrogen) atoms. The van der Waals surface area contributed by atoms with Crippen molar-refractivity contribution in [1.29, 1.82) is 0 Å². The van der Waals surface area contributed by atoms with Gasteiger partial charge in [-0.05, 0) is 23.6 Å². The van der Waals surface area contributed by atoms with Crippen LogP contribution < -0.4 is 10.9 Å². The zero-order valence-electron chi connectivity index (χ0n) is 10.8. The summed E-state index contributed by atoms with van der Waals surface area (Å²) in [5.41, 5.74) is 8.91. The quantitative estimate of drug-likeness (QED) is 0.862. The third-order valence-corrected chi connectivity index (χ3v) is 3.62. The number of benzene rings is 2. The van der Waals surface area contributed by atoms with E-state index < -0.39 is 0 Å². The third kappa shape index (κ3) is 2.25. The fourth-order valence-corrected chi connectivity index (χ4v) is 2.45. The van der Waals surface area contributed by atoms with Gasteiger partial charge in [0.2, 0.25) is 5.91 Å².